The Kier molecular flexibility index (Phi) is 7.90. The first-order chi connectivity index (χ1) is 9.99. The fourth-order valence-electron chi connectivity index (χ4n) is 1.88. The van der Waals surface area contributed by atoms with E-state index < -0.39 is 5.97 Å². The van der Waals surface area contributed by atoms with Crippen molar-refractivity contribution in [3.63, 3.8) is 0 Å². The van der Waals surface area contributed by atoms with Crippen LogP contribution in [0.5, 0.6) is 0 Å². The smallest absolute Gasteiger partial charge is 0.303 e. The first-order valence-corrected chi connectivity index (χ1v) is 8.14. The molecule has 0 aliphatic rings. The van der Waals surface area contributed by atoms with Gasteiger partial charge in [0.2, 0.25) is 5.91 Å². The molecule has 1 aromatic rings. The minimum absolute atomic E-state index is 0.0219. The Hall–Kier alpha value is -1.49. The average molecular weight is 309 g/mol. The zero-order chi connectivity index (χ0) is 15.7. The number of aliphatic carboxylic acids is 1. The molecule has 1 unspecified atom stereocenters. The van der Waals surface area contributed by atoms with Crippen molar-refractivity contribution in [2.75, 3.05) is 12.3 Å². The quantitative estimate of drug-likeness (QED) is 0.688. The molecule has 1 rings (SSSR count). The Bertz CT molecular complexity index is 476. The molecule has 0 spiro atoms. The van der Waals surface area contributed by atoms with Crippen molar-refractivity contribution in [1.29, 1.82) is 0 Å². The van der Waals surface area contributed by atoms with Crippen LogP contribution in [0, 0.1) is 12.8 Å². The molecule has 0 saturated heterocycles. The van der Waals surface area contributed by atoms with E-state index in [4.69, 9.17) is 5.11 Å². The zero-order valence-electron chi connectivity index (χ0n) is 12.6. The van der Waals surface area contributed by atoms with Gasteiger partial charge in [-0.3, -0.25) is 9.59 Å². The summed E-state index contributed by atoms with van der Waals surface area (Å²) in [5, 5.41) is 11.5. The van der Waals surface area contributed by atoms with Crippen molar-refractivity contribution < 1.29 is 14.7 Å². The molecule has 1 atom stereocenters. The third kappa shape index (κ3) is 7.75. The summed E-state index contributed by atoms with van der Waals surface area (Å²) < 4.78 is 0. The highest BCUT2D eigenvalue weighted by atomic mass is 32.2. The Balaban J connectivity index is 2.17. The third-order valence-corrected chi connectivity index (χ3v) is 4.44. The molecule has 1 amide bonds. The van der Waals surface area contributed by atoms with Gasteiger partial charge in [0.15, 0.2) is 0 Å². The van der Waals surface area contributed by atoms with Crippen LogP contribution in [0.3, 0.4) is 0 Å². The van der Waals surface area contributed by atoms with E-state index in [0.717, 1.165) is 11.3 Å². The van der Waals surface area contributed by atoms with Crippen LogP contribution in [-0.4, -0.2) is 29.3 Å². The average Bonchev–Trinajstić information content (AvgIpc) is 2.44. The van der Waals surface area contributed by atoms with E-state index in [-0.39, 0.29) is 12.3 Å². The van der Waals surface area contributed by atoms with E-state index in [2.05, 4.69) is 5.32 Å². The zero-order valence-corrected chi connectivity index (χ0v) is 13.4. The van der Waals surface area contributed by atoms with Crippen LogP contribution in [-0.2, 0) is 9.59 Å². The minimum Gasteiger partial charge on any atom is -0.481 e. The van der Waals surface area contributed by atoms with Gasteiger partial charge in [0.05, 0.1) is 5.75 Å². The number of hydrogen-bond acceptors (Lipinski definition) is 3. The number of hydrogen-bond donors (Lipinski definition) is 2. The van der Waals surface area contributed by atoms with Crippen molar-refractivity contribution in [2.24, 2.45) is 5.92 Å². The number of amides is 1. The summed E-state index contributed by atoms with van der Waals surface area (Å²) in [6.07, 6.45) is 1.66. The number of nitrogens with one attached hydrogen (secondary N) is 1. The predicted molar refractivity (Wildman–Crippen MR) is 85.6 cm³/mol. The minimum atomic E-state index is -0.763. The highest BCUT2D eigenvalue weighted by Gasteiger charge is 2.07. The maximum Gasteiger partial charge on any atom is 0.303 e. The van der Waals surface area contributed by atoms with Gasteiger partial charge in [-0.2, -0.15) is 0 Å². The van der Waals surface area contributed by atoms with Crippen molar-refractivity contribution >= 4 is 23.6 Å². The molecule has 5 heteroatoms. The maximum absolute atomic E-state index is 11.7. The van der Waals surface area contributed by atoms with Crippen LogP contribution >= 0.6 is 11.8 Å². The number of carbonyl (C=O) groups excluding carboxylic acids is 1. The van der Waals surface area contributed by atoms with Crippen molar-refractivity contribution in [3.05, 3.63) is 29.8 Å². The number of aryl methyl sites for hydroxylation is 1. The van der Waals surface area contributed by atoms with Crippen LogP contribution in [0.2, 0.25) is 0 Å². The molecule has 0 radical (unpaired) electrons. The first kappa shape index (κ1) is 17.6. The number of benzene rings is 1. The Morgan fingerprint density at radius 2 is 2.00 bits per heavy atom. The summed E-state index contributed by atoms with van der Waals surface area (Å²) in [5.41, 5.74) is 1.18. The van der Waals surface area contributed by atoms with Gasteiger partial charge < -0.3 is 10.4 Å². The van der Waals surface area contributed by atoms with E-state index in [0.29, 0.717) is 24.6 Å². The molecule has 0 aromatic heterocycles. The van der Waals surface area contributed by atoms with Crippen LogP contribution in [0.25, 0.3) is 0 Å². The summed E-state index contributed by atoms with van der Waals surface area (Å²) in [4.78, 5) is 23.3. The number of carbonyl (C=O) groups is 2. The molecule has 0 aliphatic carbocycles. The molecule has 116 valence electrons. The van der Waals surface area contributed by atoms with Gasteiger partial charge in [0.25, 0.3) is 0 Å². The fourth-order valence-corrected chi connectivity index (χ4v) is 2.74. The topological polar surface area (TPSA) is 66.4 Å². The van der Waals surface area contributed by atoms with Gasteiger partial charge in [-0.25, -0.2) is 0 Å². The molecule has 0 heterocycles. The van der Waals surface area contributed by atoms with E-state index in [1.54, 1.807) is 0 Å². The van der Waals surface area contributed by atoms with Gasteiger partial charge in [-0.1, -0.05) is 25.1 Å². The van der Waals surface area contributed by atoms with Crippen LogP contribution in [0.1, 0.15) is 31.7 Å². The summed E-state index contributed by atoms with van der Waals surface area (Å²) in [6, 6.07) is 8.00. The lowest BCUT2D eigenvalue weighted by Crippen LogP contribution is -2.27. The standard InChI is InChI=1S/C16H23NO3S/c1-12(7-8-16(19)20)9-10-17-15(18)11-21-14-6-4-3-5-13(14)2/h3-6,12H,7-11H2,1-2H3,(H,17,18)(H,19,20). The number of thioether (sulfide) groups is 1. The highest BCUT2D eigenvalue weighted by Crippen LogP contribution is 2.21. The van der Waals surface area contributed by atoms with Gasteiger partial charge in [-0.05, 0) is 37.3 Å². The van der Waals surface area contributed by atoms with Crippen LogP contribution in [0.4, 0.5) is 0 Å². The predicted octanol–water partition coefficient (Wildman–Crippen LogP) is 3.09. The second-order valence-electron chi connectivity index (χ2n) is 5.23. The molecule has 4 nitrogen and oxygen atoms in total. The Morgan fingerprint density at radius 1 is 1.29 bits per heavy atom. The van der Waals surface area contributed by atoms with Gasteiger partial charge in [0.1, 0.15) is 0 Å². The lowest BCUT2D eigenvalue weighted by atomic mass is 10.0. The summed E-state index contributed by atoms with van der Waals surface area (Å²) in [6.45, 7) is 4.65. The Labute approximate surface area is 130 Å². The number of carboxylic acids is 1. The summed E-state index contributed by atoms with van der Waals surface area (Å²) in [5.74, 6) is -0.0198. The second-order valence-corrected chi connectivity index (χ2v) is 6.25. The van der Waals surface area contributed by atoms with E-state index in [1.165, 1.54) is 17.3 Å². The molecular formula is C16H23NO3S. The van der Waals surface area contributed by atoms with E-state index in [1.807, 2.05) is 38.1 Å². The second kappa shape index (κ2) is 9.45. The fraction of sp³-hybridized carbons (Fsp3) is 0.500. The number of rotatable bonds is 9. The Morgan fingerprint density at radius 3 is 2.67 bits per heavy atom. The molecule has 0 fully saturated rings. The molecule has 0 aliphatic heterocycles. The third-order valence-electron chi connectivity index (χ3n) is 3.26. The molecule has 1 aromatic carbocycles. The molecule has 0 saturated carbocycles. The lowest BCUT2D eigenvalue weighted by molar-refractivity contribution is -0.137. The van der Waals surface area contributed by atoms with Gasteiger partial charge in [-0.15, -0.1) is 11.8 Å². The van der Waals surface area contributed by atoms with Gasteiger partial charge >= 0.3 is 5.97 Å². The molecule has 2 N–H and O–H groups in total. The number of carboxylic acid groups (broad SMARTS) is 1. The molecule has 21 heavy (non-hydrogen) atoms. The molecular weight excluding hydrogens is 286 g/mol. The first-order valence-electron chi connectivity index (χ1n) is 7.16. The van der Waals surface area contributed by atoms with Crippen LogP contribution < -0.4 is 5.32 Å². The van der Waals surface area contributed by atoms with E-state index in [9.17, 15) is 9.59 Å². The summed E-state index contributed by atoms with van der Waals surface area (Å²) >= 11 is 1.54. The largest absolute Gasteiger partial charge is 0.481 e. The lowest BCUT2D eigenvalue weighted by Gasteiger charge is -2.11. The van der Waals surface area contributed by atoms with Gasteiger partial charge in [0, 0.05) is 17.9 Å². The van der Waals surface area contributed by atoms with E-state index >= 15 is 0 Å². The molecule has 0 bridgehead atoms. The summed E-state index contributed by atoms with van der Waals surface area (Å²) in [7, 11) is 0. The van der Waals surface area contributed by atoms with Crippen molar-refractivity contribution in [1.82, 2.24) is 5.32 Å². The monoisotopic (exact) mass is 309 g/mol. The SMILES string of the molecule is Cc1ccccc1SCC(=O)NCCC(C)CCC(=O)O. The highest BCUT2D eigenvalue weighted by molar-refractivity contribution is 8.00. The van der Waals surface area contributed by atoms with Crippen molar-refractivity contribution in [2.45, 2.75) is 38.0 Å². The van der Waals surface area contributed by atoms with Crippen molar-refractivity contribution in [3.8, 4) is 0 Å². The normalized spacial score (nSPS) is 11.9. The maximum atomic E-state index is 11.7. The van der Waals surface area contributed by atoms with Crippen LogP contribution in [0.15, 0.2) is 29.2 Å².